The third kappa shape index (κ3) is 4.35. The van der Waals surface area contributed by atoms with Crippen molar-refractivity contribution in [3.63, 3.8) is 0 Å². The first-order chi connectivity index (χ1) is 12.6. The number of benzene rings is 2. The van der Waals surface area contributed by atoms with E-state index in [0.29, 0.717) is 24.5 Å². The van der Waals surface area contributed by atoms with Crippen molar-refractivity contribution in [2.24, 2.45) is 5.92 Å². The van der Waals surface area contributed by atoms with E-state index in [1.807, 2.05) is 30.3 Å². The number of methoxy groups -OCH3 is 1. The number of nitrogens with zero attached hydrogens (tertiary/aromatic N) is 1. The fourth-order valence-corrected chi connectivity index (χ4v) is 3.26. The van der Waals surface area contributed by atoms with E-state index < -0.39 is 0 Å². The molecule has 26 heavy (non-hydrogen) atoms. The summed E-state index contributed by atoms with van der Waals surface area (Å²) < 4.78 is 5.20. The fourth-order valence-electron chi connectivity index (χ4n) is 3.08. The summed E-state index contributed by atoms with van der Waals surface area (Å²) in [7, 11) is 1.63. The molecule has 1 heterocycles. The number of halogens is 1. The molecule has 2 aromatic rings. The van der Waals surface area contributed by atoms with E-state index in [-0.39, 0.29) is 24.2 Å². The molecule has 2 amide bonds. The van der Waals surface area contributed by atoms with Gasteiger partial charge in [0.25, 0.3) is 0 Å². The van der Waals surface area contributed by atoms with Crippen LogP contribution in [0, 0.1) is 5.92 Å². The minimum atomic E-state index is -0.341. The number of ether oxygens (including phenoxy) is 1. The molecule has 2 aromatic carbocycles. The van der Waals surface area contributed by atoms with Crippen molar-refractivity contribution in [3.8, 4) is 5.75 Å². The number of carbonyl (C=O) groups excluding carboxylic acids is 2. The molecule has 1 fully saturated rings. The van der Waals surface area contributed by atoms with Gasteiger partial charge in [0.1, 0.15) is 5.75 Å². The molecule has 1 aliphatic heterocycles. The first kappa shape index (κ1) is 18.3. The molecule has 0 bridgehead atoms. The largest absolute Gasteiger partial charge is 0.497 e. The van der Waals surface area contributed by atoms with E-state index in [1.54, 1.807) is 30.2 Å². The van der Waals surface area contributed by atoms with E-state index in [2.05, 4.69) is 5.32 Å². The molecule has 1 N–H and O–H groups in total. The minimum Gasteiger partial charge on any atom is -0.497 e. The second-order valence-electron chi connectivity index (χ2n) is 6.28. The standard InChI is InChI=1S/C20H21ClN2O3/c1-26-18-7-2-4-14(10-18)8-9-22-20(25)15-11-19(24)23(13-15)17-6-3-5-16(21)12-17/h2-7,10,12,15H,8-9,11,13H2,1H3,(H,22,25). The topological polar surface area (TPSA) is 58.6 Å². The second-order valence-corrected chi connectivity index (χ2v) is 6.71. The first-order valence-corrected chi connectivity index (χ1v) is 8.91. The van der Waals surface area contributed by atoms with Crippen LogP contribution in [0.2, 0.25) is 5.02 Å². The lowest BCUT2D eigenvalue weighted by atomic mass is 10.1. The lowest BCUT2D eigenvalue weighted by Crippen LogP contribution is -2.34. The van der Waals surface area contributed by atoms with Gasteiger partial charge in [0, 0.05) is 30.2 Å². The van der Waals surface area contributed by atoms with Crippen molar-refractivity contribution in [3.05, 3.63) is 59.1 Å². The van der Waals surface area contributed by atoms with E-state index in [0.717, 1.165) is 17.0 Å². The number of hydrogen-bond donors (Lipinski definition) is 1. The van der Waals surface area contributed by atoms with Gasteiger partial charge in [-0.15, -0.1) is 0 Å². The predicted molar refractivity (Wildman–Crippen MR) is 102 cm³/mol. The Morgan fingerprint density at radius 1 is 1.27 bits per heavy atom. The molecule has 0 radical (unpaired) electrons. The average Bonchev–Trinajstić information content (AvgIpc) is 3.04. The number of anilines is 1. The maximum atomic E-state index is 12.4. The Bertz CT molecular complexity index is 809. The number of carbonyl (C=O) groups is 2. The van der Waals surface area contributed by atoms with E-state index in [9.17, 15) is 9.59 Å². The van der Waals surface area contributed by atoms with Crippen molar-refractivity contribution < 1.29 is 14.3 Å². The third-order valence-corrected chi connectivity index (χ3v) is 4.70. The van der Waals surface area contributed by atoms with E-state index in [1.165, 1.54) is 0 Å². The van der Waals surface area contributed by atoms with Gasteiger partial charge in [-0.3, -0.25) is 9.59 Å². The number of nitrogens with one attached hydrogen (secondary N) is 1. The van der Waals surface area contributed by atoms with Crippen LogP contribution in [-0.4, -0.2) is 32.0 Å². The van der Waals surface area contributed by atoms with Crippen LogP contribution in [0.15, 0.2) is 48.5 Å². The summed E-state index contributed by atoms with van der Waals surface area (Å²) in [6, 6.07) is 14.9. The smallest absolute Gasteiger partial charge is 0.227 e. The molecule has 5 nitrogen and oxygen atoms in total. The Morgan fingerprint density at radius 3 is 2.85 bits per heavy atom. The van der Waals surface area contributed by atoms with Crippen molar-refractivity contribution in [2.75, 3.05) is 25.1 Å². The van der Waals surface area contributed by atoms with Gasteiger partial charge in [-0.2, -0.15) is 0 Å². The lowest BCUT2D eigenvalue weighted by Gasteiger charge is -2.17. The summed E-state index contributed by atoms with van der Waals surface area (Å²) in [6.07, 6.45) is 0.930. The summed E-state index contributed by atoms with van der Waals surface area (Å²) in [5, 5.41) is 3.50. The average molecular weight is 373 g/mol. The zero-order valence-corrected chi connectivity index (χ0v) is 15.3. The molecule has 1 unspecified atom stereocenters. The molecular weight excluding hydrogens is 352 g/mol. The second kappa shape index (κ2) is 8.23. The third-order valence-electron chi connectivity index (χ3n) is 4.46. The summed E-state index contributed by atoms with van der Waals surface area (Å²) >= 11 is 5.99. The summed E-state index contributed by atoms with van der Waals surface area (Å²) in [6.45, 7) is 0.901. The van der Waals surface area contributed by atoms with E-state index in [4.69, 9.17) is 16.3 Å². The number of amides is 2. The Labute approximate surface area is 157 Å². The highest BCUT2D eigenvalue weighted by Crippen LogP contribution is 2.27. The minimum absolute atomic E-state index is 0.0554. The van der Waals surface area contributed by atoms with Crippen LogP contribution >= 0.6 is 11.6 Å². The Hall–Kier alpha value is -2.53. The highest BCUT2D eigenvalue weighted by molar-refractivity contribution is 6.31. The molecule has 0 saturated carbocycles. The zero-order chi connectivity index (χ0) is 18.5. The van der Waals surface area contributed by atoms with E-state index >= 15 is 0 Å². The lowest BCUT2D eigenvalue weighted by molar-refractivity contribution is -0.126. The molecule has 6 heteroatoms. The Morgan fingerprint density at radius 2 is 2.08 bits per heavy atom. The Balaban J connectivity index is 1.53. The highest BCUT2D eigenvalue weighted by Gasteiger charge is 2.34. The van der Waals surface area contributed by atoms with Gasteiger partial charge in [-0.1, -0.05) is 29.8 Å². The summed E-state index contributed by atoms with van der Waals surface area (Å²) in [5.41, 5.74) is 1.82. The molecule has 0 aliphatic carbocycles. The van der Waals surface area contributed by atoms with Gasteiger partial charge in [-0.25, -0.2) is 0 Å². The van der Waals surface area contributed by atoms with Crippen LogP contribution in [0.5, 0.6) is 5.75 Å². The Kier molecular flexibility index (Phi) is 5.78. The maximum absolute atomic E-state index is 12.4. The van der Waals surface area contributed by atoms with Crippen LogP contribution in [0.25, 0.3) is 0 Å². The van der Waals surface area contributed by atoms with Crippen molar-refractivity contribution >= 4 is 29.1 Å². The summed E-state index contributed by atoms with van der Waals surface area (Å²) in [5.74, 6) is 0.310. The van der Waals surface area contributed by atoms with Crippen molar-refractivity contribution in [1.82, 2.24) is 5.32 Å². The quantitative estimate of drug-likeness (QED) is 0.847. The highest BCUT2D eigenvalue weighted by atomic mass is 35.5. The summed E-state index contributed by atoms with van der Waals surface area (Å²) in [4.78, 5) is 26.3. The molecule has 1 saturated heterocycles. The van der Waals surface area contributed by atoms with Crippen LogP contribution < -0.4 is 15.0 Å². The molecule has 1 atom stereocenters. The molecule has 136 valence electrons. The number of rotatable bonds is 6. The normalized spacial score (nSPS) is 16.6. The maximum Gasteiger partial charge on any atom is 0.227 e. The fraction of sp³-hybridized carbons (Fsp3) is 0.300. The number of hydrogen-bond acceptors (Lipinski definition) is 3. The van der Waals surface area contributed by atoms with Gasteiger partial charge in [0.15, 0.2) is 0 Å². The zero-order valence-electron chi connectivity index (χ0n) is 14.6. The molecule has 3 rings (SSSR count). The van der Waals surface area contributed by atoms with Gasteiger partial charge >= 0.3 is 0 Å². The van der Waals surface area contributed by atoms with Gasteiger partial charge < -0.3 is 15.0 Å². The van der Waals surface area contributed by atoms with Gasteiger partial charge in [-0.05, 0) is 42.3 Å². The monoisotopic (exact) mass is 372 g/mol. The molecule has 1 aliphatic rings. The van der Waals surface area contributed by atoms with Crippen LogP contribution in [-0.2, 0) is 16.0 Å². The first-order valence-electron chi connectivity index (χ1n) is 8.53. The van der Waals surface area contributed by atoms with Crippen LogP contribution in [0.3, 0.4) is 0 Å². The predicted octanol–water partition coefficient (Wildman–Crippen LogP) is 3.06. The molecule has 0 spiro atoms. The van der Waals surface area contributed by atoms with Crippen LogP contribution in [0.1, 0.15) is 12.0 Å². The van der Waals surface area contributed by atoms with Crippen molar-refractivity contribution in [1.29, 1.82) is 0 Å². The van der Waals surface area contributed by atoms with Crippen molar-refractivity contribution in [2.45, 2.75) is 12.8 Å². The van der Waals surface area contributed by atoms with Crippen LogP contribution in [0.4, 0.5) is 5.69 Å². The SMILES string of the molecule is COc1cccc(CCNC(=O)C2CC(=O)N(c3cccc(Cl)c3)C2)c1. The van der Waals surface area contributed by atoms with Gasteiger partial charge in [0.05, 0.1) is 13.0 Å². The molecule has 0 aromatic heterocycles. The van der Waals surface area contributed by atoms with Gasteiger partial charge in [0.2, 0.25) is 11.8 Å². The molecular formula is C20H21ClN2O3.